The fourth-order valence-corrected chi connectivity index (χ4v) is 2.79. The number of hydrogen-bond acceptors (Lipinski definition) is 6. The number of nitrogens with zero attached hydrogens (tertiary/aromatic N) is 2. The van der Waals surface area contributed by atoms with Crippen LogP contribution in [0.2, 0.25) is 5.15 Å². The van der Waals surface area contributed by atoms with Crippen molar-refractivity contribution in [3.8, 4) is 0 Å². The summed E-state index contributed by atoms with van der Waals surface area (Å²) in [5.41, 5.74) is 0. The number of thiazole rings is 1. The highest BCUT2D eigenvalue weighted by Gasteiger charge is 2.25. The maximum Gasteiger partial charge on any atom is 0.351 e. The van der Waals surface area contributed by atoms with Crippen LogP contribution in [0, 0.1) is 0 Å². The summed E-state index contributed by atoms with van der Waals surface area (Å²) in [5.74, 6) is -0.478. The monoisotopic (exact) mass is 262 g/mol. The largest absolute Gasteiger partial charge is 0.465 e. The summed E-state index contributed by atoms with van der Waals surface area (Å²) in [6, 6.07) is 0. The molecule has 2 rings (SSSR count). The van der Waals surface area contributed by atoms with Crippen LogP contribution in [0.15, 0.2) is 0 Å². The number of methoxy groups -OCH3 is 1. The van der Waals surface area contributed by atoms with Crippen LogP contribution in [0.25, 0.3) is 0 Å². The van der Waals surface area contributed by atoms with Crippen molar-refractivity contribution < 1.29 is 14.6 Å². The van der Waals surface area contributed by atoms with Crippen LogP contribution >= 0.6 is 22.9 Å². The molecule has 0 aliphatic carbocycles. The second kappa shape index (κ2) is 4.57. The van der Waals surface area contributed by atoms with Crippen LogP contribution in [-0.4, -0.2) is 42.4 Å². The Morgan fingerprint density at radius 1 is 1.75 bits per heavy atom. The second-order valence-corrected chi connectivity index (χ2v) is 4.83. The van der Waals surface area contributed by atoms with E-state index in [2.05, 4.69) is 9.72 Å². The van der Waals surface area contributed by atoms with Gasteiger partial charge >= 0.3 is 5.97 Å². The van der Waals surface area contributed by atoms with Gasteiger partial charge in [-0.15, -0.1) is 0 Å². The Bertz CT molecular complexity index is 409. The van der Waals surface area contributed by atoms with Gasteiger partial charge in [-0.3, -0.25) is 0 Å². The number of carbonyl (C=O) groups excluding carboxylic acids is 1. The molecule has 0 aromatic carbocycles. The van der Waals surface area contributed by atoms with E-state index < -0.39 is 5.97 Å². The molecule has 1 N–H and O–H groups in total. The number of ether oxygens (including phenoxy) is 1. The molecule has 1 aromatic rings. The van der Waals surface area contributed by atoms with Gasteiger partial charge in [0.2, 0.25) is 0 Å². The van der Waals surface area contributed by atoms with Gasteiger partial charge in [-0.25, -0.2) is 9.78 Å². The van der Waals surface area contributed by atoms with E-state index in [4.69, 9.17) is 11.6 Å². The van der Waals surface area contributed by atoms with Crippen molar-refractivity contribution in [3.05, 3.63) is 10.0 Å². The van der Waals surface area contributed by atoms with E-state index in [0.717, 1.165) is 6.54 Å². The van der Waals surface area contributed by atoms with E-state index in [1.54, 1.807) is 0 Å². The molecule has 0 saturated carbocycles. The van der Waals surface area contributed by atoms with Crippen LogP contribution in [0.1, 0.15) is 16.1 Å². The first kappa shape index (κ1) is 11.6. The van der Waals surface area contributed by atoms with Crippen molar-refractivity contribution in [2.75, 3.05) is 25.1 Å². The molecule has 0 unspecified atom stereocenters. The van der Waals surface area contributed by atoms with E-state index >= 15 is 0 Å². The molecule has 0 bridgehead atoms. The minimum Gasteiger partial charge on any atom is -0.465 e. The number of anilines is 1. The lowest BCUT2D eigenvalue weighted by Gasteiger charge is -2.12. The van der Waals surface area contributed by atoms with Crippen LogP contribution in [0.3, 0.4) is 0 Å². The van der Waals surface area contributed by atoms with E-state index in [0.29, 0.717) is 23.0 Å². The van der Waals surface area contributed by atoms with Crippen molar-refractivity contribution in [1.82, 2.24) is 4.98 Å². The number of aliphatic hydroxyl groups is 1. The summed E-state index contributed by atoms with van der Waals surface area (Å²) in [6.45, 7) is 1.26. The highest BCUT2D eigenvalue weighted by atomic mass is 35.5. The summed E-state index contributed by atoms with van der Waals surface area (Å²) in [6.07, 6.45) is 0.384. The Hall–Kier alpha value is -0.850. The molecule has 1 fully saturated rings. The predicted molar refractivity (Wildman–Crippen MR) is 61.3 cm³/mol. The standard InChI is InChI=1S/C9H11ClN2O3S/c1-15-8(14)6-7(10)11-9(16-6)12-3-2-5(13)4-12/h5,13H,2-4H2,1H3/t5-/m0/s1. The predicted octanol–water partition coefficient (Wildman–Crippen LogP) is 1.15. The quantitative estimate of drug-likeness (QED) is 0.811. The molecule has 1 aliphatic heterocycles. The third-order valence-electron chi connectivity index (χ3n) is 2.38. The number of aliphatic hydroxyl groups excluding tert-OH is 1. The minimum atomic E-state index is -0.478. The molecule has 88 valence electrons. The number of carbonyl (C=O) groups is 1. The fourth-order valence-electron chi connectivity index (χ4n) is 1.56. The Kier molecular flexibility index (Phi) is 3.32. The molecule has 0 spiro atoms. The first-order valence-corrected chi connectivity index (χ1v) is 5.99. The number of β-amino-alcohol motifs (C(OH)–C–C–N with tert-alkyl or cyclic N) is 1. The Balaban J connectivity index is 2.20. The number of aromatic nitrogens is 1. The number of halogens is 1. The van der Waals surface area contributed by atoms with Crippen molar-refractivity contribution in [1.29, 1.82) is 0 Å². The molecule has 5 nitrogen and oxygen atoms in total. The van der Waals surface area contributed by atoms with Crippen molar-refractivity contribution in [2.45, 2.75) is 12.5 Å². The Morgan fingerprint density at radius 3 is 3.06 bits per heavy atom. The maximum atomic E-state index is 11.3. The molecular weight excluding hydrogens is 252 g/mol. The highest BCUT2D eigenvalue weighted by molar-refractivity contribution is 7.18. The highest BCUT2D eigenvalue weighted by Crippen LogP contribution is 2.31. The summed E-state index contributed by atoms with van der Waals surface area (Å²) in [5, 5.41) is 10.2. The molecule has 1 aliphatic rings. The third-order valence-corrected chi connectivity index (χ3v) is 3.86. The van der Waals surface area contributed by atoms with E-state index in [1.807, 2.05) is 4.90 Å². The SMILES string of the molecule is COC(=O)c1sc(N2CC[C@H](O)C2)nc1Cl. The van der Waals surface area contributed by atoms with Gasteiger partial charge < -0.3 is 14.7 Å². The molecule has 1 aromatic heterocycles. The Labute approximate surface area is 102 Å². The van der Waals surface area contributed by atoms with Gasteiger partial charge in [0.05, 0.1) is 13.2 Å². The third kappa shape index (κ3) is 2.14. The van der Waals surface area contributed by atoms with Gasteiger partial charge in [-0.2, -0.15) is 0 Å². The number of hydrogen-bond donors (Lipinski definition) is 1. The Morgan fingerprint density at radius 2 is 2.50 bits per heavy atom. The molecule has 2 heterocycles. The smallest absolute Gasteiger partial charge is 0.351 e. The summed E-state index contributed by atoms with van der Waals surface area (Å²) in [7, 11) is 1.30. The first-order valence-electron chi connectivity index (χ1n) is 4.79. The molecular formula is C9H11ClN2O3S. The topological polar surface area (TPSA) is 62.7 Å². The molecule has 16 heavy (non-hydrogen) atoms. The van der Waals surface area contributed by atoms with Gasteiger partial charge in [-0.1, -0.05) is 22.9 Å². The van der Waals surface area contributed by atoms with Gasteiger partial charge in [0.15, 0.2) is 15.2 Å². The number of rotatable bonds is 2. The molecule has 0 radical (unpaired) electrons. The molecule has 0 amide bonds. The molecule has 7 heteroatoms. The summed E-state index contributed by atoms with van der Waals surface area (Å²) < 4.78 is 4.59. The van der Waals surface area contributed by atoms with Crippen LogP contribution in [0.4, 0.5) is 5.13 Å². The lowest BCUT2D eigenvalue weighted by Crippen LogP contribution is -2.20. The summed E-state index contributed by atoms with van der Waals surface area (Å²) >= 11 is 7.03. The lowest BCUT2D eigenvalue weighted by molar-refractivity contribution is 0.0606. The van der Waals surface area contributed by atoms with Gasteiger partial charge in [-0.05, 0) is 6.42 Å². The van der Waals surface area contributed by atoms with Gasteiger partial charge in [0, 0.05) is 13.1 Å². The zero-order valence-electron chi connectivity index (χ0n) is 8.64. The van der Waals surface area contributed by atoms with Crippen LogP contribution in [-0.2, 0) is 4.74 Å². The average molecular weight is 263 g/mol. The lowest BCUT2D eigenvalue weighted by atomic mass is 10.3. The van der Waals surface area contributed by atoms with Gasteiger partial charge in [0.25, 0.3) is 0 Å². The minimum absolute atomic E-state index is 0.160. The van der Waals surface area contributed by atoms with E-state index in [-0.39, 0.29) is 11.3 Å². The normalized spacial score (nSPS) is 20.2. The number of esters is 1. The first-order chi connectivity index (χ1) is 7.61. The van der Waals surface area contributed by atoms with E-state index in [1.165, 1.54) is 18.4 Å². The summed E-state index contributed by atoms with van der Waals surface area (Å²) in [4.78, 5) is 17.6. The second-order valence-electron chi connectivity index (χ2n) is 3.50. The molecule has 1 saturated heterocycles. The fraction of sp³-hybridized carbons (Fsp3) is 0.556. The van der Waals surface area contributed by atoms with Crippen molar-refractivity contribution in [2.24, 2.45) is 0 Å². The average Bonchev–Trinajstić information content (AvgIpc) is 2.83. The zero-order chi connectivity index (χ0) is 11.7. The maximum absolute atomic E-state index is 11.3. The van der Waals surface area contributed by atoms with Crippen molar-refractivity contribution in [3.63, 3.8) is 0 Å². The van der Waals surface area contributed by atoms with E-state index in [9.17, 15) is 9.90 Å². The van der Waals surface area contributed by atoms with Crippen molar-refractivity contribution >= 4 is 34.0 Å². The zero-order valence-corrected chi connectivity index (χ0v) is 10.2. The van der Waals surface area contributed by atoms with Gasteiger partial charge in [0.1, 0.15) is 0 Å². The van der Waals surface area contributed by atoms with Crippen LogP contribution < -0.4 is 4.90 Å². The van der Waals surface area contributed by atoms with Crippen LogP contribution in [0.5, 0.6) is 0 Å². The molecule has 1 atom stereocenters.